The summed E-state index contributed by atoms with van der Waals surface area (Å²) in [4.78, 5) is 25.8. The van der Waals surface area contributed by atoms with Crippen molar-refractivity contribution in [3.8, 4) is 0 Å². The number of oxazole rings is 1. The van der Waals surface area contributed by atoms with Gasteiger partial charge in [0.1, 0.15) is 0 Å². The molecule has 2 heterocycles. The van der Waals surface area contributed by atoms with E-state index in [9.17, 15) is 9.18 Å². The summed E-state index contributed by atoms with van der Waals surface area (Å²) in [6.45, 7) is 5.79. The van der Waals surface area contributed by atoms with Crippen molar-refractivity contribution in [1.82, 2.24) is 4.98 Å². The standard InChI is InChI=1S/C25H26F2N4O3S.W/c1-4-18(29-6-8-33-14-21-30-7-9-34-21)19(32)12-15-10-16(22(27)17(26)11-15)24(3)20-13-25(20,5-2)35-23(28)31-24;/h6-11,20H,5,12-14H2,1-3H3,(H2,28,31);/t20-,24+,25-;/m0./s1. The monoisotopic (exact) mass is 684 g/mol. The summed E-state index contributed by atoms with van der Waals surface area (Å²) < 4.78 is 40.9. The van der Waals surface area contributed by atoms with E-state index in [0.717, 1.165) is 42.2 Å². The Balaban J connectivity index is 1.55. The second kappa shape index (κ2) is 10.5. The number of halogens is 2. The third-order valence-electron chi connectivity index (χ3n) is 6.60. The fraction of sp³-hybridized carbons (Fsp3) is 0.400. The summed E-state index contributed by atoms with van der Waals surface area (Å²) in [6.07, 6.45) is 7.22. The average Bonchev–Trinajstić information content (AvgIpc) is 3.33. The van der Waals surface area contributed by atoms with E-state index < -0.39 is 17.2 Å². The molecule has 190 valence electrons. The minimum atomic E-state index is -1.01. The van der Waals surface area contributed by atoms with Gasteiger partial charge in [-0.2, -0.15) is 0 Å². The number of ketones is 1. The summed E-state index contributed by atoms with van der Waals surface area (Å²) in [7, 11) is 0. The molecule has 1 aliphatic heterocycles. The van der Waals surface area contributed by atoms with Crippen LogP contribution in [-0.2, 0) is 47.5 Å². The van der Waals surface area contributed by atoms with Crippen molar-refractivity contribution in [2.24, 2.45) is 21.6 Å². The molecule has 2 aliphatic rings. The van der Waals surface area contributed by atoms with Gasteiger partial charge < -0.3 is 0 Å². The molecular formula is C25H26F2N4O3SW. The number of aromatic nitrogens is 1. The van der Waals surface area contributed by atoms with Crippen LogP contribution < -0.4 is 5.73 Å². The van der Waals surface area contributed by atoms with Gasteiger partial charge in [0.25, 0.3) is 0 Å². The van der Waals surface area contributed by atoms with Crippen molar-refractivity contribution in [2.45, 2.75) is 56.9 Å². The Labute approximate surface area is 223 Å². The number of ether oxygens (including phenoxy) is 1. The van der Waals surface area contributed by atoms with E-state index in [-0.39, 0.29) is 40.8 Å². The third kappa shape index (κ3) is 5.30. The first-order valence-electron chi connectivity index (χ1n) is 11.4. The number of rotatable bonds is 10. The molecule has 1 aliphatic carbocycles. The van der Waals surface area contributed by atoms with Crippen molar-refractivity contribution in [1.29, 1.82) is 0 Å². The van der Waals surface area contributed by atoms with Crippen LogP contribution in [0.25, 0.3) is 0 Å². The molecule has 0 saturated heterocycles. The normalized spacial score (nSPS) is 25.4. The van der Waals surface area contributed by atoms with Crippen molar-refractivity contribution in [3.05, 3.63) is 65.7 Å². The average molecular weight is 684 g/mol. The van der Waals surface area contributed by atoms with Gasteiger partial charge in [0, 0.05) is 0 Å². The number of nitrogens with zero attached hydrogens (tertiary/aromatic N) is 3. The van der Waals surface area contributed by atoms with Crippen LogP contribution in [0.2, 0.25) is 0 Å². The maximum atomic E-state index is 15.1. The van der Waals surface area contributed by atoms with Crippen LogP contribution in [0.5, 0.6) is 0 Å². The van der Waals surface area contributed by atoms with E-state index in [2.05, 4.69) is 21.9 Å². The molecule has 0 spiro atoms. The van der Waals surface area contributed by atoms with E-state index in [0.29, 0.717) is 16.6 Å². The molecule has 1 fully saturated rings. The summed E-state index contributed by atoms with van der Waals surface area (Å²) in [5.41, 5.74) is 5.85. The van der Waals surface area contributed by atoms with Crippen LogP contribution in [0.1, 0.15) is 50.6 Å². The zero-order valence-electron chi connectivity index (χ0n) is 20.1. The van der Waals surface area contributed by atoms with Gasteiger partial charge in [-0.3, -0.25) is 0 Å². The molecular weight excluding hydrogens is 658 g/mol. The van der Waals surface area contributed by atoms with E-state index in [4.69, 9.17) is 14.9 Å². The Kier molecular flexibility index (Phi) is 7.76. The molecule has 0 amide bonds. The van der Waals surface area contributed by atoms with Gasteiger partial charge in [-0.15, -0.1) is 0 Å². The van der Waals surface area contributed by atoms with Crippen molar-refractivity contribution >= 4 is 32.3 Å². The predicted molar refractivity (Wildman–Crippen MR) is 131 cm³/mol. The zero-order chi connectivity index (χ0) is 26.1. The van der Waals surface area contributed by atoms with Crippen LogP contribution in [0, 0.1) is 17.6 Å². The molecule has 1 aromatic carbocycles. The second-order valence-electron chi connectivity index (χ2n) is 8.97. The van der Waals surface area contributed by atoms with Crippen molar-refractivity contribution < 1.29 is 42.1 Å². The first-order valence-corrected chi connectivity index (χ1v) is 13.7. The Morgan fingerprint density at radius 3 is 2.89 bits per heavy atom. The topological polar surface area (TPSA) is 103 Å². The summed E-state index contributed by atoms with van der Waals surface area (Å²) in [5, 5.41) is 0.375. The summed E-state index contributed by atoms with van der Waals surface area (Å²) in [5.74, 6) is -1.81. The van der Waals surface area contributed by atoms with Gasteiger partial charge >= 0.3 is 224 Å². The Morgan fingerprint density at radius 1 is 1.44 bits per heavy atom. The predicted octanol–water partition coefficient (Wildman–Crippen LogP) is 4.38. The minimum absolute atomic E-state index is 0.0422. The van der Waals surface area contributed by atoms with Crippen LogP contribution in [0.3, 0.4) is 0 Å². The number of nitrogens with two attached hydrogens (primary N) is 1. The summed E-state index contributed by atoms with van der Waals surface area (Å²) >= 11 is 2.59. The molecule has 0 unspecified atom stereocenters. The Hall–Kier alpha value is -2.45. The Bertz CT molecular complexity index is 1280. The van der Waals surface area contributed by atoms with Crippen LogP contribution in [0.4, 0.5) is 8.78 Å². The first kappa shape index (κ1) is 26.6. The van der Waals surface area contributed by atoms with Gasteiger partial charge in [-0.1, -0.05) is 0 Å². The van der Waals surface area contributed by atoms with Gasteiger partial charge in [-0.05, 0) is 0 Å². The Morgan fingerprint density at radius 2 is 2.22 bits per heavy atom. The van der Waals surface area contributed by atoms with E-state index in [1.165, 1.54) is 36.7 Å². The number of carbonyl (C=O) groups excluding carboxylic acids is 1. The number of amidine groups is 1. The molecule has 7 nitrogen and oxygen atoms in total. The SMILES string of the molecule is CC[C@]12C[C@H]1[C@@](C)(c1cc(CC(=O)C(=NC=COCc3ncco3)[C](C)=[W])cc(F)c1F)N=C(N)S2. The van der Waals surface area contributed by atoms with Crippen molar-refractivity contribution in [3.63, 3.8) is 0 Å². The number of Topliss-reactive ketones (excluding diaryl/α,β-unsaturated/α-hetero) is 1. The quantitative estimate of drug-likeness (QED) is 0.295. The maximum absolute atomic E-state index is 15.1. The molecule has 11 heteroatoms. The number of fused-ring (bicyclic) bond motifs is 1. The molecule has 1 saturated carbocycles. The molecule has 0 bridgehead atoms. The van der Waals surface area contributed by atoms with Gasteiger partial charge in [0.05, 0.1) is 0 Å². The molecule has 1 aromatic heterocycles. The number of hydrogen-bond acceptors (Lipinski definition) is 8. The van der Waals surface area contributed by atoms with Crippen LogP contribution >= 0.6 is 11.8 Å². The zero-order valence-corrected chi connectivity index (χ0v) is 23.8. The fourth-order valence-corrected chi connectivity index (χ4v) is 6.71. The van der Waals surface area contributed by atoms with Crippen molar-refractivity contribution in [2.75, 3.05) is 0 Å². The number of aliphatic imine (C=N–C) groups is 2. The first-order chi connectivity index (χ1) is 17.1. The van der Waals surface area contributed by atoms with Gasteiger partial charge in [0.2, 0.25) is 0 Å². The number of carbonyl (C=O) groups is 1. The van der Waals surface area contributed by atoms with E-state index in [1.807, 2.05) is 0 Å². The number of benzene rings is 1. The third-order valence-corrected chi connectivity index (χ3v) is 8.74. The van der Waals surface area contributed by atoms with E-state index in [1.54, 1.807) is 19.9 Å². The van der Waals surface area contributed by atoms with Crippen LogP contribution in [-0.4, -0.2) is 30.3 Å². The molecule has 3 atom stereocenters. The molecule has 2 N–H and O–H groups in total. The molecule has 4 rings (SSSR count). The summed E-state index contributed by atoms with van der Waals surface area (Å²) in [6, 6.07) is 2.61. The van der Waals surface area contributed by atoms with Crippen LogP contribution in [0.15, 0.2) is 51.5 Å². The van der Waals surface area contributed by atoms with E-state index >= 15 is 4.39 Å². The molecule has 0 radical (unpaired) electrons. The van der Waals surface area contributed by atoms with Gasteiger partial charge in [0.15, 0.2) is 0 Å². The fourth-order valence-electron chi connectivity index (χ4n) is 4.69. The molecule has 36 heavy (non-hydrogen) atoms. The number of thioether (sulfide) groups is 1. The number of hydrogen-bond donors (Lipinski definition) is 1. The van der Waals surface area contributed by atoms with Gasteiger partial charge in [-0.25, -0.2) is 0 Å². The second-order valence-corrected chi connectivity index (χ2v) is 12.6. The molecule has 2 aromatic rings.